The number of nitrogens with zero attached hydrogens (tertiary/aromatic N) is 3. The lowest BCUT2D eigenvalue weighted by Gasteiger charge is -2.31. The average molecular weight is 830 g/mol. The summed E-state index contributed by atoms with van der Waals surface area (Å²) in [5, 5.41) is 18.7. The number of para-hydroxylation sites is 4. The van der Waals surface area contributed by atoms with Crippen LogP contribution < -0.4 is 9.80 Å². The molecule has 0 saturated carbocycles. The third-order valence-electron chi connectivity index (χ3n) is 13.4. The van der Waals surface area contributed by atoms with Gasteiger partial charge in [0.1, 0.15) is 28.4 Å². The second-order valence-corrected chi connectivity index (χ2v) is 17.7. The molecule has 0 aliphatic rings. The van der Waals surface area contributed by atoms with Gasteiger partial charge in [0.25, 0.3) is 0 Å². The van der Waals surface area contributed by atoms with Crippen LogP contribution in [-0.2, 0) is 0 Å². The standard InChI is InChI=1S/C59H47N3O2/c1-33-13-9-14-34(2)56(33)61(57-35(3)15-10-16-36(57)4)45-23-21-41-27-47-50(29-43(41)25-45)63-52-31-53-55(49(32-60)54(47)52)48-28-42-22-24-46(26-44(42)30-51(48)64-53)62(58-37(5)17-11-18-38(58)6)59-39(7)19-12-20-40(59)8/h9-31H,1-8H3. The summed E-state index contributed by atoms with van der Waals surface area (Å²) in [7, 11) is 0. The second kappa shape index (κ2) is 14.6. The molecule has 64 heavy (non-hydrogen) atoms. The van der Waals surface area contributed by atoms with Gasteiger partial charge >= 0.3 is 0 Å². The fraction of sp³-hybridized carbons (Fsp3) is 0.136. The molecule has 310 valence electrons. The van der Waals surface area contributed by atoms with E-state index in [-0.39, 0.29) is 0 Å². The molecule has 11 rings (SSSR count). The van der Waals surface area contributed by atoms with E-state index in [2.05, 4.69) is 205 Å². The molecule has 0 unspecified atom stereocenters. The molecule has 2 heterocycles. The van der Waals surface area contributed by atoms with Crippen LogP contribution in [0.3, 0.4) is 0 Å². The normalized spacial score (nSPS) is 11.7. The van der Waals surface area contributed by atoms with Gasteiger partial charge in [-0.05, 0) is 170 Å². The van der Waals surface area contributed by atoms with Gasteiger partial charge < -0.3 is 18.6 Å². The molecule has 11 aromatic rings. The van der Waals surface area contributed by atoms with Gasteiger partial charge in [-0.1, -0.05) is 84.9 Å². The van der Waals surface area contributed by atoms with E-state index in [0.717, 1.165) is 65.6 Å². The van der Waals surface area contributed by atoms with E-state index < -0.39 is 0 Å². The summed E-state index contributed by atoms with van der Waals surface area (Å²) >= 11 is 0. The maximum Gasteiger partial charge on any atom is 0.140 e. The summed E-state index contributed by atoms with van der Waals surface area (Å²) in [6.45, 7) is 17.5. The summed E-state index contributed by atoms with van der Waals surface area (Å²) in [5.74, 6) is 0. The second-order valence-electron chi connectivity index (χ2n) is 17.7. The average Bonchev–Trinajstić information content (AvgIpc) is 3.81. The van der Waals surface area contributed by atoms with Crippen LogP contribution in [0.25, 0.3) is 65.4 Å². The maximum absolute atomic E-state index is 11.0. The summed E-state index contributed by atoms with van der Waals surface area (Å²) in [5.41, 5.74) is 19.8. The SMILES string of the molecule is Cc1cccc(C)c1N(c1ccc2cc3c(cc2c1)oc1cc2oc4cc5cc(N(c6c(C)cccc6C)c6c(C)cccc6C)ccc5cc4c2c(C#N)c13)c1c(C)cccc1C. The molecule has 0 atom stereocenters. The molecular weight excluding hydrogens is 783 g/mol. The highest BCUT2D eigenvalue weighted by Gasteiger charge is 2.25. The Morgan fingerprint density at radius 3 is 1.00 bits per heavy atom. The highest BCUT2D eigenvalue weighted by Crippen LogP contribution is 2.47. The van der Waals surface area contributed by atoms with Crippen molar-refractivity contribution in [3.05, 3.63) is 190 Å². The van der Waals surface area contributed by atoms with Gasteiger partial charge in [0.05, 0.1) is 28.3 Å². The molecule has 2 aromatic heterocycles. The topological polar surface area (TPSA) is 56.6 Å². The van der Waals surface area contributed by atoms with Crippen LogP contribution >= 0.6 is 0 Å². The molecule has 0 aliphatic heterocycles. The smallest absolute Gasteiger partial charge is 0.140 e. The Balaban J connectivity index is 1.06. The Labute approximate surface area is 373 Å². The minimum atomic E-state index is 0.560. The Morgan fingerprint density at radius 2 is 0.688 bits per heavy atom. The zero-order chi connectivity index (χ0) is 44.1. The van der Waals surface area contributed by atoms with Crippen molar-refractivity contribution in [3.8, 4) is 6.07 Å². The van der Waals surface area contributed by atoms with Gasteiger partial charge in [-0.3, -0.25) is 0 Å². The molecule has 0 N–H and O–H groups in total. The minimum Gasteiger partial charge on any atom is -0.456 e. The first-order valence-corrected chi connectivity index (χ1v) is 22.0. The molecule has 0 saturated heterocycles. The quantitative estimate of drug-likeness (QED) is 0.167. The van der Waals surface area contributed by atoms with Gasteiger partial charge in [-0.2, -0.15) is 5.26 Å². The first-order chi connectivity index (χ1) is 31.0. The Bertz CT molecular complexity index is 3380. The highest BCUT2D eigenvalue weighted by atomic mass is 16.3. The van der Waals surface area contributed by atoms with E-state index in [0.29, 0.717) is 16.7 Å². The fourth-order valence-electron chi connectivity index (χ4n) is 10.4. The van der Waals surface area contributed by atoms with Crippen LogP contribution in [0.4, 0.5) is 34.1 Å². The molecule has 0 radical (unpaired) electrons. The molecule has 0 aliphatic carbocycles. The predicted molar refractivity (Wildman–Crippen MR) is 268 cm³/mol. The monoisotopic (exact) mass is 829 g/mol. The Kier molecular flexibility index (Phi) is 8.94. The van der Waals surface area contributed by atoms with E-state index in [4.69, 9.17) is 8.83 Å². The van der Waals surface area contributed by atoms with Crippen molar-refractivity contribution in [2.24, 2.45) is 0 Å². The van der Waals surface area contributed by atoms with Crippen molar-refractivity contribution < 1.29 is 8.83 Å². The number of fused-ring (bicyclic) bond motifs is 8. The largest absolute Gasteiger partial charge is 0.456 e. The third kappa shape index (κ3) is 5.97. The Morgan fingerprint density at radius 1 is 0.359 bits per heavy atom. The molecule has 0 fully saturated rings. The zero-order valence-electron chi connectivity index (χ0n) is 37.4. The van der Waals surface area contributed by atoms with Crippen molar-refractivity contribution in [1.29, 1.82) is 5.26 Å². The molecule has 0 spiro atoms. The van der Waals surface area contributed by atoms with Gasteiger partial charge in [-0.25, -0.2) is 0 Å². The van der Waals surface area contributed by atoms with Gasteiger partial charge in [0.2, 0.25) is 0 Å². The lowest BCUT2D eigenvalue weighted by Crippen LogP contribution is -2.15. The van der Waals surface area contributed by atoms with E-state index in [9.17, 15) is 5.26 Å². The van der Waals surface area contributed by atoms with Crippen LogP contribution in [0.5, 0.6) is 0 Å². The minimum absolute atomic E-state index is 0.560. The first kappa shape index (κ1) is 39.1. The number of nitriles is 1. The Hall–Kier alpha value is -7.81. The molecule has 9 aromatic carbocycles. The lowest BCUT2D eigenvalue weighted by molar-refractivity contribution is 0.656. The van der Waals surface area contributed by atoms with Crippen molar-refractivity contribution in [2.45, 2.75) is 55.4 Å². The highest BCUT2D eigenvalue weighted by molar-refractivity contribution is 6.22. The fourth-order valence-corrected chi connectivity index (χ4v) is 10.4. The zero-order valence-corrected chi connectivity index (χ0v) is 37.4. The number of furan rings is 2. The van der Waals surface area contributed by atoms with Crippen LogP contribution in [0.1, 0.15) is 50.1 Å². The van der Waals surface area contributed by atoms with Gasteiger partial charge in [-0.15, -0.1) is 0 Å². The van der Waals surface area contributed by atoms with Crippen LogP contribution in [0, 0.1) is 66.7 Å². The van der Waals surface area contributed by atoms with Crippen LogP contribution in [-0.4, -0.2) is 0 Å². The molecule has 0 bridgehead atoms. The molecule has 0 amide bonds. The molecular formula is C59H47N3O2. The number of hydrogen-bond donors (Lipinski definition) is 0. The number of hydrogen-bond acceptors (Lipinski definition) is 5. The van der Waals surface area contributed by atoms with Crippen molar-refractivity contribution in [1.82, 2.24) is 0 Å². The summed E-state index contributed by atoms with van der Waals surface area (Å²) in [6.07, 6.45) is 0. The molecule has 5 nitrogen and oxygen atoms in total. The number of benzene rings is 9. The van der Waals surface area contributed by atoms with Crippen molar-refractivity contribution in [2.75, 3.05) is 9.80 Å². The number of anilines is 6. The van der Waals surface area contributed by atoms with Gasteiger partial charge in [0.15, 0.2) is 0 Å². The molecule has 5 heteroatoms. The van der Waals surface area contributed by atoms with E-state index in [1.54, 1.807) is 0 Å². The summed E-state index contributed by atoms with van der Waals surface area (Å²) in [4.78, 5) is 4.81. The van der Waals surface area contributed by atoms with Crippen LogP contribution in [0.2, 0.25) is 0 Å². The number of aryl methyl sites for hydroxylation is 8. The van der Waals surface area contributed by atoms with E-state index >= 15 is 0 Å². The van der Waals surface area contributed by atoms with Gasteiger partial charge in [0, 0.05) is 39.0 Å². The first-order valence-electron chi connectivity index (χ1n) is 22.0. The maximum atomic E-state index is 11.0. The third-order valence-corrected chi connectivity index (χ3v) is 13.4. The lowest BCUT2D eigenvalue weighted by atomic mass is 9.97. The van der Waals surface area contributed by atoms with E-state index in [1.165, 1.54) is 67.3 Å². The predicted octanol–water partition coefficient (Wildman–Crippen LogP) is 17.1. The summed E-state index contributed by atoms with van der Waals surface area (Å²) < 4.78 is 13.3. The van der Waals surface area contributed by atoms with Crippen LogP contribution in [0.15, 0.2) is 148 Å². The van der Waals surface area contributed by atoms with Crippen molar-refractivity contribution in [3.63, 3.8) is 0 Å². The van der Waals surface area contributed by atoms with E-state index in [1.807, 2.05) is 6.07 Å². The number of rotatable bonds is 6. The van der Waals surface area contributed by atoms with Crippen molar-refractivity contribution >= 4 is 99.5 Å². The summed E-state index contributed by atoms with van der Waals surface area (Å²) in [6, 6.07) is 52.4.